The molecule has 0 radical (unpaired) electrons. The maximum absolute atomic E-state index is 12.2. The summed E-state index contributed by atoms with van der Waals surface area (Å²) in [5.74, 6) is -0.693. The highest BCUT2D eigenvalue weighted by atomic mass is 19.3. The molecular weight excluding hydrogens is 176 g/mol. The summed E-state index contributed by atoms with van der Waals surface area (Å²) in [6, 6.07) is 0. The topological polar surface area (TPSA) is 20.3 Å². The lowest BCUT2D eigenvalue weighted by atomic mass is 9.97. The Hall–Kier alpha value is -0.930. The van der Waals surface area contributed by atoms with E-state index in [9.17, 15) is 13.6 Å². The van der Waals surface area contributed by atoms with Gasteiger partial charge in [-0.15, -0.1) is 0 Å². The van der Waals surface area contributed by atoms with Gasteiger partial charge in [-0.25, -0.2) is 8.78 Å². The largest absolute Gasteiger partial charge is 0.339 e. The molecule has 1 amide bonds. The molecule has 0 bridgehead atoms. The van der Waals surface area contributed by atoms with E-state index in [0.717, 1.165) is 0 Å². The summed E-state index contributed by atoms with van der Waals surface area (Å²) in [4.78, 5) is 12.6. The first kappa shape index (κ1) is 10.2. The van der Waals surface area contributed by atoms with E-state index >= 15 is 0 Å². The highest BCUT2D eigenvalue weighted by molar-refractivity contribution is 5.87. The van der Waals surface area contributed by atoms with E-state index < -0.39 is 12.3 Å². The van der Waals surface area contributed by atoms with Crippen molar-refractivity contribution in [2.75, 3.05) is 13.1 Å². The molecule has 0 N–H and O–H groups in total. The molecule has 0 aromatic heterocycles. The van der Waals surface area contributed by atoms with Gasteiger partial charge in [0.2, 0.25) is 12.3 Å². The van der Waals surface area contributed by atoms with E-state index in [1.165, 1.54) is 6.08 Å². The normalized spacial score (nSPS) is 19.2. The van der Waals surface area contributed by atoms with E-state index in [-0.39, 0.29) is 5.91 Å². The van der Waals surface area contributed by atoms with Crippen LogP contribution in [0.4, 0.5) is 8.78 Å². The number of carbonyl (C=O) groups is 1. The fourth-order valence-corrected chi connectivity index (χ4v) is 1.50. The molecule has 0 saturated carbocycles. The number of rotatable bonds is 2. The van der Waals surface area contributed by atoms with Crippen molar-refractivity contribution in [1.29, 1.82) is 0 Å². The van der Waals surface area contributed by atoms with Gasteiger partial charge in [0.25, 0.3) is 0 Å². The van der Waals surface area contributed by atoms with Gasteiger partial charge in [0.1, 0.15) is 0 Å². The number of alkyl halides is 2. The van der Waals surface area contributed by atoms with Crippen LogP contribution in [0.3, 0.4) is 0 Å². The highest BCUT2D eigenvalue weighted by Gasteiger charge is 2.27. The number of piperidine rings is 1. The zero-order valence-electron chi connectivity index (χ0n) is 7.38. The molecule has 1 saturated heterocycles. The summed E-state index contributed by atoms with van der Waals surface area (Å²) in [5.41, 5.74) is 0. The van der Waals surface area contributed by atoms with Gasteiger partial charge >= 0.3 is 0 Å². The van der Waals surface area contributed by atoms with Gasteiger partial charge in [0.15, 0.2) is 0 Å². The average molecular weight is 189 g/mol. The molecule has 0 aliphatic carbocycles. The summed E-state index contributed by atoms with van der Waals surface area (Å²) < 4.78 is 24.4. The van der Waals surface area contributed by atoms with Gasteiger partial charge in [-0.2, -0.15) is 0 Å². The van der Waals surface area contributed by atoms with Crippen molar-refractivity contribution in [1.82, 2.24) is 4.90 Å². The quantitative estimate of drug-likeness (QED) is 0.605. The van der Waals surface area contributed by atoms with Crippen molar-refractivity contribution in [2.45, 2.75) is 19.3 Å². The third-order valence-corrected chi connectivity index (χ3v) is 2.38. The zero-order valence-corrected chi connectivity index (χ0v) is 7.38. The van der Waals surface area contributed by atoms with Crippen molar-refractivity contribution in [3.8, 4) is 0 Å². The van der Waals surface area contributed by atoms with Gasteiger partial charge in [-0.05, 0) is 18.9 Å². The second-order valence-electron chi connectivity index (χ2n) is 3.20. The Kier molecular flexibility index (Phi) is 3.39. The number of amides is 1. The van der Waals surface area contributed by atoms with E-state index in [1.54, 1.807) is 4.90 Å². The number of likely N-dealkylation sites (tertiary alicyclic amines) is 1. The minimum absolute atomic E-state index is 0.160. The van der Waals surface area contributed by atoms with Gasteiger partial charge < -0.3 is 4.90 Å². The molecule has 0 spiro atoms. The average Bonchev–Trinajstić information content (AvgIpc) is 2.17. The summed E-state index contributed by atoms with van der Waals surface area (Å²) in [6.07, 6.45) is -0.224. The summed E-state index contributed by atoms with van der Waals surface area (Å²) in [5, 5.41) is 0. The molecule has 1 fully saturated rings. The van der Waals surface area contributed by atoms with Crippen LogP contribution in [0.25, 0.3) is 0 Å². The van der Waals surface area contributed by atoms with Crippen LogP contribution in [0.5, 0.6) is 0 Å². The smallest absolute Gasteiger partial charge is 0.245 e. The first-order valence-electron chi connectivity index (χ1n) is 4.34. The zero-order chi connectivity index (χ0) is 9.84. The number of halogens is 2. The Morgan fingerprint density at radius 2 is 2.00 bits per heavy atom. The van der Waals surface area contributed by atoms with Crippen LogP contribution in [0.1, 0.15) is 12.8 Å². The van der Waals surface area contributed by atoms with Gasteiger partial charge in [-0.3, -0.25) is 4.79 Å². The van der Waals surface area contributed by atoms with Gasteiger partial charge in [-0.1, -0.05) is 6.58 Å². The summed E-state index contributed by atoms with van der Waals surface area (Å²) in [7, 11) is 0. The van der Waals surface area contributed by atoms with Gasteiger partial charge in [0, 0.05) is 19.0 Å². The first-order chi connectivity index (χ1) is 6.15. The molecule has 1 aliphatic heterocycles. The summed E-state index contributed by atoms with van der Waals surface area (Å²) >= 11 is 0. The Labute approximate surface area is 76.2 Å². The lowest BCUT2D eigenvalue weighted by molar-refractivity contribution is -0.128. The Morgan fingerprint density at radius 1 is 1.46 bits per heavy atom. The second-order valence-corrected chi connectivity index (χ2v) is 3.20. The predicted molar refractivity (Wildman–Crippen MR) is 45.5 cm³/mol. The SMILES string of the molecule is C=CC(=O)N1CCC(C(F)F)CC1. The Balaban J connectivity index is 2.38. The third-order valence-electron chi connectivity index (χ3n) is 2.38. The fourth-order valence-electron chi connectivity index (χ4n) is 1.50. The number of carbonyl (C=O) groups excluding carboxylic acids is 1. The van der Waals surface area contributed by atoms with Crippen LogP contribution in [-0.4, -0.2) is 30.3 Å². The lowest BCUT2D eigenvalue weighted by Crippen LogP contribution is -2.39. The Bertz CT molecular complexity index is 198. The van der Waals surface area contributed by atoms with Crippen molar-refractivity contribution < 1.29 is 13.6 Å². The van der Waals surface area contributed by atoms with Crippen LogP contribution in [0, 0.1) is 5.92 Å². The van der Waals surface area contributed by atoms with E-state index in [1.807, 2.05) is 0 Å². The molecule has 2 nitrogen and oxygen atoms in total. The molecule has 1 heterocycles. The molecule has 0 unspecified atom stereocenters. The predicted octanol–water partition coefficient (Wildman–Crippen LogP) is 1.68. The molecule has 13 heavy (non-hydrogen) atoms. The Morgan fingerprint density at radius 3 is 2.38 bits per heavy atom. The molecule has 0 atom stereocenters. The molecule has 1 rings (SSSR count). The van der Waals surface area contributed by atoms with Crippen LogP contribution < -0.4 is 0 Å². The number of hydrogen-bond donors (Lipinski definition) is 0. The van der Waals surface area contributed by atoms with Crippen molar-refractivity contribution in [2.24, 2.45) is 5.92 Å². The standard InChI is InChI=1S/C9H13F2NO/c1-2-8(13)12-5-3-7(4-6-12)9(10)11/h2,7,9H,1,3-6H2. The maximum atomic E-state index is 12.2. The molecule has 0 aromatic carbocycles. The summed E-state index contributed by atoms with van der Waals surface area (Å²) in [6.45, 7) is 4.21. The molecule has 0 aromatic rings. The van der Waals surface area contributed by atoms with E-state index in [0.29, 0.717) is 25.9 Å². The maximum Gasteiger partial charge on any atom is 0.245 e. The third kappa shape index (κ3) is 2.50. The van der Waals surface area contributed by atoms with Crippen molar-refractivity contribution >= 4 is 5.91 Å². The minimum Gasteiger partial charge on any atom is -0.339 e. The van der Waals surface area contributed by atoms with Crippen molar-refractivity contribution in [3.63, 3.8) is 0 Å². The van der Waals surface area contributed by atoms with Crippen LogP contribution >= 0.6 is 0 Å². The molecule has 74 valence electrons. The first-order valence-corrected chi connectivity index (χ1v) is 4.34. The highest BCUT2D eigenvalue weighted by Crippen LogP contribution is 2.23. The monoisotopic (exact) mass is 189 g/mol. The van der Waals surface area contributed by atoms with E-state index in [2.05, 4.69) is 6.58 Å². The van der Waals surface area contributed by atoms with Crippen LogP contribution in [0.2, 0.25) is 0 Å². The van der Waals surface area contributed by atoms with Crippen LogP contribution in [0.15, 0.2) is 12.7 Å². The number of hydrogen-bond acceptors (Lipinski definition) is 1. The lowest BCUT2D eigenvalue weighted by Gasteiger charge is -2.30. The molecule has 4 heteroatoms. The fraction of sp³-hybridized carbons (Fsp3) is 0.667. The molecular formula is C9H13F2NO. The van der Waals surface area contributed by atoms with Crippen molar-refractivity contribution in [3.05, 3.63) is 12.7 Å². The van der Waals surface area contributed by atoms with E-state index in [4.69, 9.17) is 0 Å². The number of nitrogens with zero attached hydrogens (tertiary/aromatic N) is 1. The molecule has 1 aliphatic rings. The van der Waals surface area contributed by atoms with Gasteiger partial charge in [0.05, 0.1) is 0 Å². The minimum atomic E-state index is -2.25. The van der Waals surface area contributed by atoms with Crippen LogP contribution in [-0.2, 0) is 4.79 Å². The second kappa shape index (κ2) is 4.35.